The molecule has 1 amide bonds. The largest absolute Gasteiger partial charge is 0.497 e. The average Bonchev–Trinajstić information content (AvgIpc) is 2.69. The highest BCUT2D eigenvalue weighted by molar-refractivity contribution is 6.05. The fraction of sp³-hybridized carbons (Fsp3) is 0.136. The minimum Gasteiger partial charge on any atom is -0.497 e. The van der Waals surface area contributed by atoms with Crippen LogP contribution in [0.25, 0.3) is 0 Å². The van der Waals surface area contributed by atoms with Crippen molar-refractivity contribution < 1.29 is 9.53 Å². The first-order valence-electron chi connectivity index (χ1n) is 8.59. The molecule has 0 heterocycles. The number of anilines is 1. The molecule has 0 atom stereocenters. The Kier molecular flexibility index (Phi) is 5.61. The summed E-state index contributed by atoms with van der Waals surface area (Å²) in [5.74, 6) is 0.398. The lowest BCUT2D eigenvalue weighted by atomic mass is 10.1. The Labute approximate surface area is 158 Å². The number of aryl methyl sites for hydroxylation is 2. The molecule has 0 aliphatic rings. The van der Waals surface area contributed by atoms with E-state index in [1.807, 2.05) is 56.3 Å². The maximum absolute atomic E-state index is 12.6. The van der Waals surface area contributed by atoms with E-state index in [-0.39, 0.29) is 5.91 Å². The van der Waals surface area contributed by atoms with E-state index in [0.717, 1.165) is 16.8 Å². The number of methoxy groups -OCH3 is 1. The molecule has 0 bridgehead atoms. The average molecular weight is 359 g/mol. The number of hydrogen-bond acceptors (Lipinski definition) is 4. The third-order valence-electron chi connectivity index (χ3n) is 4.04. The maximum Gasteiger partial charge on any atom is 0.255 e. The molecule has 3 aromatic carbocycles. The van der Waals surface area contributed by atoms with Crippen LogP contribution in [0.2, 0.25) is 0 Å². The number of hydrogen-bond donors (Lipinski definition) is 1. The molecule has 5 nitrogen and oxygen atoms in total. The van der Waals surface area contributed by atoms with Gasteiger partial charge in [0.2, 0.25) is 0 Å². The topological polar surface area (TPSA) is 63.0 Å². The number of amides is 1. The number of azo groups is 1. The fourth-order valence-electron chi connectivity index (χ4n) is 2.51. The summed E-state index contributed by atoms with van der Waals surface area (Å²) in [6, 6.07) is 20.4. The molecule has 0 aliphatic heterocycles. The minimum absolute atomic E-state index is 0.232. The lowest BCUT2D eigenvalue weighted by Crippen LogP contribution is -2.12. The van der Waals surface area contributed by atoms with Gasteiger partial charge in [-0.25, -0.2) is 0 Å². The summed E-state index contributed by atoms with van der Waals surface area (Å²) in [5.41, 5.74) is 4.67. The molecule has 3 rings (SSSR count). The second-order valence-corrected chi connectivity index (χ2v) is 6.24. The van der Waals surface area contributed by atoms with Gasteiger partial charge in [0.1, 0.15) is 11.4 Å². The predicted molar refractivity (Wildman–Crippen MR) is 107 cm³/mol. The van der Waals surface area contributed by atoms with Gasteiger partial charge in [-0.3, -0.25) is 4.79 Å². The van der Waals surface area contributed by atoms with Crippen LogP contribution >= 0.6 is 0 Å². The summed E-state index contributed by atoms with van der Waals surface area (Å²) in [5, 5.41) is 11.5. The van der Waals surface area contributed by atoms with E-state index in [0.29, 0.717) is 22.7 Å². The van der Waals surface area contributed by atoms with Crippen molar-refractivity contribution in [3.8, 4) is 5.75 Å². The molecule has 0 unspecified atom stereocenters. The Morgan fingerprint density at radius 2 is 1.63 bits per heavy atom. The number of carbonyl (C=O) groups is 1. The van der Waals surface area contributed by atoms with Gasteiger partial charge in [0, 0.05) is 5.56 Å². The van der Waals surface area contributed by atoms with Gasteiger partial charge in [-0.05, 0) is 61.9 Å². The van der Waals surface area contributed by atoms with Crippen molar-refractivity contribution in [3.63, 3.8) is 0 Å². The Hall–Kier alpha value is -3.47. The zero-order valence-electron chi connectivity index (χ0n) is 15.6. The Balaban J connectivity index is 1.85. The monoisotopic (exact) mass is 359 g/mol. The molecule has 136 valence electrons. The molecule has 1 N–H and O–H groups in total. The molecular formula is C22H21N3O2. The van der Waals surface area contributed by atoms with Crippen molar-refractivity contribution in [2.45, 2.75) is 13.8 Å². The van der Waals surface area contributed by atoms with Crippen molar-refractivity contribution in [1.82, 2.24) is 0 Å². The highest BCUT2D eigenvalue weighted by Crippen LogP contribution is 2.29. The molecule has 3 aromatic rings. The first kappa shape index (κ1) is 18.3. The van der Waals surface area contributed by atoms with Crippen LogP contribution in [0.3, 0.4) is 0 Å². The van der Waals surface area contributed by atoms with Crippen LogP contribution in [0, 0.1) is 13.8 Å². The second-order valence-electron chi connectivity index (χ2n) is 6.24. The maximum atomic E-state index is 12.6. The van der Waals surface area contributed by atoms with Gasteiger partial charge in [0.25, 0.3) is 5.91 Å². The van der Waals surface area contributed by atoms with Crippen molar-refractivity contribution in [1.29, 1.82) is 0 Å². The van der Waals surface area contributed by atoms with Crippen LogP contribution in [0.15, 0.2) is 77.0 Å². The zero-order chi connectivity index (χ0) is 19.2. The molecule has 0 aliphatic carbocycles. The zero-order valence-corrected chi connectivity index (χ0v) is 15.6. The molecule has 5 heteroatoms. The second kappa shape index (κ2) is 8.27. The Morgan fingerprint density at radius 3 is 2.37 bits per heavy atom. The molecule has 0 aromatic heterocycles. The highest BCUT2D eigenvalue weighted by atomic mass is 16.5. The van der Waals surface area contributed by atoms with Crippen LogP contribution in [0.4, 0.5) is 17.1 Å². The number of benzene rings is 3. The van der Waals surface area contributed by atoms with Crippen LogP contribution in [0.1, 0.15) is 21.5 Å². The Bertz CT molecular complexity index is 979. The Morgan fingerprint density at radius 1 is 0.889 bits per heavy atom. The first-order valence-corrected chi connectivity index (χ1v) is 8.59. The third kappa shape index (κ3) is 4.79. The first-order chi connectivity index (χ1) is 13.0. The van der Waals surface area contributed by atoms with Gasteiger partial charge >= 0.3 is 0 Å². The fourth-order valence-corrected chi connectivity index (χ4v) is 2.51. The molecule has 0 saturated carbocycles. The lowest BCUT2D eigenvalue weighted by Gasteiger charge is -2.09. The van der Waals surface area contributed by atoms with Gasteiger partial charge < -0.3 is 10.1 Å². The van der Waals surface area contributed by atoms with Crippen LogP contribution in [0.5, 0.6) is 5.75 Å². The van der Waals surface area contributed by atoms with E-state index < -0.39 is 0 Å². The van der Waals surface area contributed by atoms with Gasteiger partial charge in [-0.1, -0.05) is 29.8 Å². The van der Waals surface area contributed by atoms with Gasteiger partial charge in [-0.2, -0.15) is 5.11 Å². The van der Waals surface area contributed by atoms with Crippen LogP contribution in [-0.2, 0) is 0 Å². The van der Waals surface area contributed by atoms with Gasteiger partial charge in [-0.15, -0.1) is 5.11 Å². The summed E-state index contributed by atoms with van der Waals surface area (Å²) in [7, 11) is 1.57. The lowest BCUT2D eigenvalue weighted by molar-refractivity contribution is 0.102. The van der Waals surface area contributed by atoms with Crippen molar-refractivity contribution in [3.05, 3.63) is 83.4 Å². The van der Waals surface area contributed by atoms with E-state index in [4.69, 9.17) is 4.74 Å². The SMILES string of the molecule is COc1cccc(C(=O)Nc2ccc(C)cc2N=Nc2ccc(C)cc2)c1. The number of nitrogens with one attached hydrogen (secondary N) is 1. The van der Waals surface area contributed by atoms with Gasteiger partial charge in [0.15, 0.2) is 0 Å². The molecule has 27 heavy (non-hydrogen) atoms. The van der Waals surface area contributed by atoms with E-state index in [1.54, 1.807) is 31.4 Å². The summed E-state index contributed by atoms with van der Waals surface area (Å²) < 4.78 is 5.18. The van der Waals surface area contributed by atoms with Crippen LogP contribution in [-0.4, -0.2) is 13.0 Å². The van der Waals surface area contributed by atoms with E-state index in [9.17, 15) is 4.79 Å². The van der Waals surface area contributed by atoms with Crippen LogP contribution < -0.4 is 10.1 Å². The quantitative estimate of drug-likeness (QED) is 0.570. The molecule has 0 fully saturated rings. The predicted octanol–water partition coefficient (Wildman–Crippen LogP) is 5.98. The summed E-state index contributed by atoms with van der Waals surface area (Å²) in [6.45, 7) is 3.99. The minimum atomic E-state index is -0.232. The van der Waals surface area contributed by atoms with Crippen molar-refractivity contribution in [2.75, 3.05) is 12.4 Å². The molecule has 0 radical (unpaired) electrons. The molecular weight excluding hydrogens is 338 g/mol. The van der Waals surface area contributed by atoms with Crippen molar-refractivity contribution in [2.24, 2.45) is 10.2 Å². The molecule has 0 saturated heterocycles. The number of ether oxygens (including phenoxy) is 1. The standard InChI is InChI=1S/C22H21N3O2/c1-15-7-10-18(11-8-15)24-25-21-13-16(2)9-12-20(21)23-22(26)17-5-4-6-19(14-17)27-3/h4-14H,1-3H3,(H,23,26). The normalized spacial score (nSPS) is 10.8. The summed E-state index contributed by atoms with van der Waals surface area (Å²) in [6.07, 6.45) is 0. The summed E-state index contributed by atoms with van der Waals surface area (Å²) >= 11 is 0. The van der Waals surface area contributed by atoms with Gasteiger partial charge in [0.05, 0.1) is 18.5 Å². The smallest absolute Gasteiger partial charge is 0.255 e. The third-order valence-corrected chi connectivity index (χ3v) is 4.04. The molecule has 0 spiro atoms. The van der Waals surface area contributed by atoms with E-state index in [1.165, 1.54) is 0 Å². The number of nitrogens with zero attached hydrogens (tertiary/aromatic N) is 2. The number of carbonyl (C=O) groups excluding carboxylic acids is 1. The summed E-state index contributed by atoms with van der Waals surface area (Å²) in [4.78, 5) is 12.6. The number of rotatable bonds is 5. The van der Waals surface area contributed by atoms with E-state index >= 15 is 0 Å². The van der Waals surface area contributed by atoms with Crippen molar-refractivity contribution >= 4 is 23.0 Å². The highest BCUT2D eigenvalue weighted by Gasteiger charge is 2.10. The van der Waals surface area contributed by atoms with E-state index in [2.05, 4.69) is 15.5 Å².